The zero-order valence-electron chi connectivity index (χ0n) is 18.7. The first-order valence-electron chi connectivity index (χ1n) is 10.6. The van der Waals surface area contributed by atoms with E-state index in [1.54, 1.807) is 18.4 Å². The largest absolute Gasteiger partial charge is 0.492 e. The summed E-state index contributed by atoms with van der Waals surface area (Å²) >= 11 is 1.77. The quantitative estimate of drug-likeness (QED) is 0.277. The molecule has 1 saturated heterocycles. The Kier molecular flexibility index (Phi) is 11.6. The maximum Gasteiger partial charge on any atom is 0.191 e. The third-order valence-corrected chi connectivity index (χ3v) is 6.52. The molecule has 3 rings (SSSR count). The highest BCUT2D eigenvalue weighted by molar-refractivity contribution is 14.0. The van der Waals surface area contributed by atoms with Crippen molar-refractivity contribution in [1.29, 1.82) is 0 Å². The summed E-state index contributed by atoms with van der Waals surface area (Å²) in [6, 6.07) is 11.0. The number of rotatable bonds is 9. The van der Waals surface area contributed by atoms with E-state index in [4.69, 9.17) is 9.47 Å². The molecule has 1 aliphatic heterocycles. The summed E-state index contributed by atoms with van der Waals surface area (Å²) in [5.41, 5.74) is 2.48. The Bertz CT molecular complexity index is 808. The Morgan fingerprint density at radius 2 is 2.00 bits per heavy atom. The summed E-state index contributed by atoms with van der Waals surface area (Å²) in [6.45, 7) is 6.97. The van der Waals surface area contributed by atoms with Gasteiger partial charge in [0.05, 0.1) is 6.54 Å². The van der Waals surface area contributed by atoms with Crippen molar-refractivity contribution >= 4 is 41.3 Å². The monoisotopic (exact) mass is 558 g/mol. The number of hydrogen-bond acceptors (Lipinski definition) is 5. The van der Waals surface area contributed by atoms with E-state index in [0.717, 1.165) is 50.9 Å². The minimum absolute atomic E-state index is 0. The lowest BCUT2D eigenvalue weighted by atomic mass is 10.1. The normalized spacial score (nSPS) is 14.9. The number of nitrogens with zero attached hydrogens (tertiary/aromatic N) is 2. The van der Waals surface area contributed by atoms with Crippen LogP contribution < -0.4 is 15.4 Å². The van der Waals surface area contributed by atoms with E-state index < -0.39 is 0 Å². The molecule has 1 aromatic carbocycles. The highest BCUT2D eigenvalue weighted by atomic mass is 127. The molecule has 6 nitrogen and oxygen atoms in total. The lowest BCUT2D eigenvalue weighted by Gasteiger charge is -2.31. The van der Waals surface area contributed by atoms with Crippen molar-refractivity contribution in [3.8, 4) is 5.75 Å². The molecule has 0 unspecified atom stereocenters. The molecule has 1 aromatic heterocycles. The van der Waals surface area contributed by atoms with Crippen molar-refractivity contribution < 1.29 is 9.47 Å². The maximum absolute atomic E-state index is 6.01. The van der Waals surface area contributed by atoms with Gasteiger partial charge in [0.15, 0.2) is 5.96 Å². The van der Waals surface area contributed by atoms with Crippen LogP contribution in [0.25, 0.3) is 0 Å². The number of ether oxygens (including phenoxy) is 2. The number of guanidine groups is 1. The number of thiophene rings is 1. The van der Waals surface area contributed by atoms with Crippen LogP contribution in [0.1, 0.15) is 28.8 Å². The van der Waals surface area contributed by atoms with Gasteiger partial charge in [-0.05, 0) is 61.5 Å². The van der Waals surface area contributed by atoms with E-state index in [1.165, 1.54) is 16.0 Å². The van der Waals surface area contributed by atoms with Crippen LogP contribution >= 0.6 is 35.3 Å². The number of nitrogens with one attached hydrogen (secondary N) is 2. The van der Waals surface area contributed by atoms with Gasteiger partial charge in [-0.25, -0.2) is 0 Å². The van der Waals surface area contributed by atoms with Gasteiger partial charge in [0.2, 0.25) is 0 Å². The van der Waals surface area contributed by atoms with Crippen LogP contribution in [0.4, 0.5) is 0 Å². The van der Waals surface area contributed by atoms with Gasteiger partial charge in [0, 0.05) is 44.3 Å². The van der Waals surface area contributed by atoms with E-state index in [9.17, 15) is 0 Å². The number of benzene rings is 1. The Labute approximate surface area is 207 Å². The Hall–Kier alpha value is -1.36. The summed E-state index contributed by atoms with van der Waals surface area (Å²) in [5.74, 6) is 1.71. The van der Waals surface area contributed by atoms with Gasteiger partial charge in [-0.15, -0.1) is 35.3 Å². The zero-order chi connectivity index (χ0) is 21.2. The fraction of sp³-hybridized carbons (Fsp3) is 0.522. The van der Waals surface area contributed by atoms with Crippen LogP contribution in [0.5, 0.6) is 5.75 Å². The molecule has 31 heavy (non-hydrogen) atoms. The van der Waals surface area contributed by atoms with Crippen LogP contribution in [0.15, 0.2) is 40.7 Å². The Morgan fingerprint density at radius 3 is 2.71 bits per heavy atom. The fourth-order valence-electron chi connectivity index (χ4n) is 3.52. The molecule has 2 aromatic rings. The predicted octanol–water partition coefficient (Wildman–Crippen LogP) is 4.03. The highest BCUT2D eigenvalue weighted by Crippen LogP contribution is 2.16. The minimum Gasteiger partial charge on any atom is -0.492 e. The molecule has 172 valence electrons. The van der Waals surface area contributed by atoms with Gasteiger partial charge < -0.3 is 20.1 Å². The second kappa shape index (κ2) is 13.9. The van der Waals surface area contributed by atoms with Gasteiger partial charge in [0.1, 0.15) is 12.4 Å². The molecule has 0 amide bonds. The molecule has 0 radical (unpaired) electrons. The maximum atomic E-state index is 6.01. The summed E-state index contributed by atoms with van der Waals surface area (Å²) < 4.78 is 11.5. The smallest absolute Gasteiger partial charge is 0.191 e. The number of hydrogen-bond donors (Lipinski definition) is 2. The minimum atomic E-state index is 0. The van der Waals surface area contributed by atoms with Gasteiger partial charge in [-0.1, -0.05) is 12.1 Å². The number of likely N-dealkylation sites (N-methyl/N-ethyl adjacent to an activating group) is 1. The van der Waals surface area contributed by atoms with Crippen molar-refractivity contribution in [1.82, 2.24) is 15.5 Å². The topological polar surface area (TPSA) is 58.1 Å². The fourth-order valence-corrected chi connectivity index (χ4v) is 4.36. The second-order valence-electron chi connectivity index (χ2n) is 7.63. The second-order valence-corrected chi connectivity index (χ2v) is 8.63. The van der Waals surface area contributed by atoms with Crippen molar-refractivity contribution in [3.05, 3.63) is 51.7 Å². The molecule has 0 bridgehead atoms. The van der Waals surface area contributed by atoms with Crippen molar-refractivity contribution in [2.45, 2.75) is 38.9 Å². The summed E-state index contributed by atoms with van der Waals surface area (Å²) in [7, 11) is 3.97. The molecule has 2 heterocycles. The predicted molar refractivity (Wildman–Crippen MR) is 140 cm³/mol. The van der Waals surface area contributed by atoms with Crippen molar-refractivity contribution in [2.75, 3.05) is 40.5 Å². The van der Waals surface area contributed by atoms with Crippen molar-refractivity contribution in [2.24, 2.45) is 4.99 Å². The zero-order valence-corrected chi connectivity index (χ0v) is 21.9. The van der Waals surface area contributed by atoms with Crippen LogP contribution in [0.2, 0.25) is 0 Å². The third-order valence-electron chi connectivity index (χ3n) is 5.49. The molecule has 0 saturated carbocycles. The number of halogens is 1. The third kappa shape index (κ3) is 8.59. The first kappa shape index (κ1) is 25.9. The van der Waals surface area contributed by atoms with Gasteiger partial charge in [-0.3, -0.25) is 9.89 Å². The molecular formula is C23H35IN4O2S. The molecule has 8 heteroatoms. The molecule has 0 spiro atoms. The first-order valence-corrected chi connectivity index (χ1v) is 11.5. The number of aryl methyl sites for hydroxylation is 1. The molecule has 2 N–H and O–H groups in total. The molecule has 1 aliphatic rings. The lowest BCUT2D eigenvalue weighted by molar-refractivity contribution is 0.0392. The summed E-state index contributed by atoms with van der Waals surface area (Å²) in [5, 5.41) is 8.88. The average molecular weight is 559 g/mol. The van der Waals surface area contributed by atoms with Gasteiger partial charge >= 0.3 is 0 Å². The lowest BCUT2D eigenvalue weighted by Crippen LogP contribution is -2.38. The van der Waals surface area contributed by atoms with Crippen LogP contribution in [-0.4, -0.2) is 57.4 Å². The molecule has 1 fully saturated rings. The van der Waals surface area contributed by atoms with E-state index in [2.05, 4.69) is 58.1 Å². The molecule has 0 aliphatic carbocycles. The standard InChI is InChI=1S/C23H34N4O2S.HI/c1-18-9-14-30-22(18)17-26-23(24-2)25-16-19-5-4-6-21(15-19)29-13-10-27(3)20-7-11-28-12-8-20;/h4-6,9,14-15,20H,7-8,10-13,16-17H2,1-3H3,(H2,24,25,26);1H. The summed E-state index contributed by atoms with van der Waals surface area (Å²) in [6.07, 6.45) is 2.22. The van der Waals surface area contributed by atoms with Gasteiger partial charge in [0.25, 0.3) is 0 Å². The van der Waals surface area contributed by atoms with Gasteiger partial charge in [-0.2, -0.15) is 0 Å². The van der Waals surface area contributed by atoms with E-state index in [-0.39, 0.29) is 24.0 Å². The Morgan fingerprint density at radius 1 is 1.23 bits per heavy atom. The number of aliphatic imine (C=N–C) groups is 1. The van der Waals surface area contributed by atoms with Crippen LogP contribution in [0, 0.1) is 6.92 Å². The SMILES string of the molecule is CN=C(NCc1cccc(OCCN(C)C2CCOCC2)c1)NCc1sccc1C.I. The summed E-state index contributed by atoms with van der Waals surface area (Å²) in [4.78, 5) is 8.04. The molecular weight excluding hydrogens is 523 g/mol. The van der Waals surface area contributed by atoms with Crippen LogP contribution in [-0.2, 0) is 17.8 Å². The van der Waals surface area contributed by atoms with E-state index in [1.807, 2.05) is 12.1 Å². The van der Waals surface area contributed by atoms with E-state index >= 15 is 0 Å². The van der Waals surface area contributed by atoms with Crippen molar-refractivity contribution in [3.63, 3.8) is 0 Å². The molecule has 0 atom stereocenters. The first-order chi connectivity index (χ1) is 14.7. The van der Waals surface area contributed by atoms with E-state index in [0.29, 0.717) is 19.2 Å². The van der Waals surface area contributed by atoms with Crippen LogP contribution in [0.3, 0.4) is 0 Å². The average Bonchev–Trinajstić information content (AvgIpc) is 3.19. The Balaban J connectivity index is 0.00000341. The highest BCUT2D eigenvalue weighted by Gasteiger charge is 2.17.